The second-order valence-corrected chi connectivity index (χ2v) is 4.72. The van der Waals surface area contributed by atoms with Crippen LogP contribution in [0.3, 0.4) is 0 Å². The number of rotatable bonds is 6. The molecule has 0 aliphatic carbocycles. The van der Waals surface area contributed by atoms with Crippen LogP contribution in [-0.4, -0.2) is 63.3 Å². The van der Waals surface area contributed by atoms with Gasteiger partial charge in [0.1, 0.15) is 0 Å². The Balaban J connectivity index is 0.00000400. The summed E-state index contributed by atoms with van der Waals surface area (Å²) >= 11 is 0. The Morgan fingerprint density at radius 2 is 2.00 bits per heavy atom. The summed E-state index contributed by atoms with van der Waals surface area (Å²) in [6.45, 7) is 8.56. The molecule has 7 heteroatoms. The first-order chi connectivity index (χ1) is 9.72. The number of carbonyl (C=O) groups is 1. The van der Waals surface area contributed by atoms with E-state index < -0.39 is 0 Å². The second-order valence-electron chi connectivity index (χ2n) is 4.72. The topological polar surface area (TPSA) is 63.2 Å². The Morgan fingerprint density at radius 1 is 1.33 bits per heavy atom. The zero-order valence-electron chi connectivity index (χ0n) is 13.3. The van der Waals surface area contributed by atoms with Gasteiger partial charge >= 0.3 is 5.97 Å². The molecule has 0 aromatic heterocycles. The maximum Gasteiger partial charge on any atom is 0.308 e. The van der Waals surface area contributed by atoms with Gasteiger partial charge in [0.2, 0.25) is 0 Å². The number of halogens is 1. The third-order valence-corrected chi connectivity index (χ3v) is 3.37. The third-order valence-electron chi connectivity index (χ3n) is 3.37. The van der Waals surface area contributed by atoms with Crippen molar-refractivity contribution < 1.29 is 14.3 Å². The lowest BCUT2D eigenvalue weighted by Crippen LogP contribution is -2.46. The molecule has 0 radical (unpaired) electrons. The molecule has 1 rings (SSSR count). The second kappa shape index (κ2) is 12.0. The molecule has 0 bridgehead atoms. The highest BCUT2D eigenvalue weighted by Gasteiger charge is 2.26. The molecule has 0 amide bonds. The van der Waals surface area contributed by atoms with Gasteiger partial charge in [0.25, 0.3) is 0 Å². The predicted octanol–water partition coefficient (Wildman–Crippen LogP) is 1.49. The summed E-state index contributed by atoms with van der Waals surface area (Å²) in [7, 11) is 1.45. The van der Waals surface area contributed by atoms with Crippen LogP contribution in [0.2, 0.25) is 0 Å². The molecule has 21 heavy (non-hydrogen) atoms. The van der Waals surface area contributed by atoms with Gasteiger partial charge in [-0.25, -0.2) is 0 Å². The molecule has 0 unspecified atom stereocenters. The van der Waals surface area contributed by atoms with E-state index in [0.717, 1.165) is 45.0 Å². The van der Waals surface area contributed by atoms with Gasteiger partial charge in [0.05, 0.1) is 26.2 Å². The van der Waals surface area contributed by atoms with Crippen molar-refractivity contribution in [2.45, 2.75) is 26.7 Å². The fourth-order valence-corrected chi connectivity index (χ4v) is 2.28. The number of ether oxygens (including phenoxy) is 2. The van der Waals surface area contributed by atoms with Crippen LogP contribution in [0.1, 0.15) is 26.7 Å². The van der Waals surface area contributed by atoms with Crippen LogP contribution >= 0.6 is 24.0 Å². The first-order valence-electron chi connectivity index (χ1n) is 7.41. The van der Waals surface area contributed by atoms with E-state index in [-0.39, 0.29) is 35.9 Å². The highest BCUT2D eigenvalue weighted by atomic mass is 127. The lowest BCUT2D eigenvalue weighted by atomic mass is 9.97. The quantitative estimate of drug-likeness (QED) is 0.235. The van der Waals surface area contributed by atoms with Crippen LogP contribution in [0.5, 0.6) is 0 Å². The summed E-state index contributed by atoms with van der Waals surface area (Å²) < 4.78 is 10.1. The fraction of sp³-hybridized carbons (Fsp3) is 0.857. The molecule has 124 valence electrons. The number of methoxy groups -OCH3 is 1. The monoisotopic (exact) mass is 413 g/mol. The average molecular weight is 413 g/mol. The largest absolute Gasteiger partial charge is 0.469 e. The maximum atomic E-state index is 11.5. The Labute approximate surface area is 144 Å². The van der Waals surface area contributed by atoms with Crippen molar-refractivity contribution in [3.8, 4) is 0 Å². The van der Waals surface area contributed by atoms with Gasteiger partial charge in [-0.1, -0.05) is 0 Å². The summed E-state index contributed by atoms with van der Waals surface area (Å²) in [5, 5.41) is 3.29. The number of esters is 1. The molecular formula is C14H28IN3O3. The van der Waals surface area contributed by atoms with Crippen molar-refractivity contribution >= 4 is 35.9 Å². The minimum Gasteiger partial charge on any atom is -0.469 e. The lowest BCUT2D eigenvalue weighted by molar-refractivity contribution is -0.146. The number of aliphatic imine (C=N–C) groups is 1. The molecular weight excluding hydrogens is 385 g/mol. The van der Waals surface area contributed by atoms with E-state index in [9.17, 15) is 4.79 Å². The van der Waals surface area contributed by atoms with Gasteiger partial charge in [0.15, 0.2) is 5.96 Å². The Bertz CT molecular complexity index is 319. The van der Waals surface area contributed by atoms with E-state index in [2.05, 4.69) is 22.1 Å². The lowest BCUT2D eigenvalue weighted by Gasteiger charge is -2.33. The maximum absolute atomic E-state index is 11.5. The first kappa shape index (κ1) is 20.4. The molecule has 0 aromatic rings. The molecule has 1 fully saturated rings. The molecule has 0 aromatic carbocycles. The minimum absolute atomic E-state index is 0. The molecule has 1 heterocycles. The summed E-state index contributed by atoms with van der Waals surface area (Å²) in [6.07, 6.45) is 1.64. The number of likely N-dealkylation sites (tertiary alicyclic amines) is 1. The van der Waals surface area contributed by atoms with Crippen LogP contribution in [0.15, 0.2) is 4.99 Å². The smallest absolute Gasteiger partial charge is 0.308 e. The van der Waals surface area contributed by atoms with Gasteiger partial charge in [-0.15, -0.1) is 24.0 Å². The van der Waals surface area contributed by atoms with E-state index in [4.69, 9.17) is 9.47 Å². The van der Waals surface area contributed by atoms with E-state index in [1.165, 1.54) is 7.11 Å². The standard InChI is InChI=1S/C14H27N3O3.HI/c1-4-15-14(16-8-11-20-5-2)17-9-6-12(7-10-17)13(18)19-3;/h12H,4-11H2,1-3H3,(H,15,16);1H. The van der Waals surface area contributed by atoms with Crippen molar-refractivity contribution in [1.82, 2.24) is 10.2 Å². The van der Waals surface area contributed by atoms with Gasteiger partial charge in [0, 0.05) is 26.2 Å². The third kappa shape index (κ3) is 7.30. The Morgan fingerprint density at radius 3 is 2.52 bits per heavy atom. The molecule has 1 aliphatic rings. The number of piperidine rings is 1. The van der Waals surface area contributed by atoms with E-state index >= 15 is 0 Å². The summed E-state index contributed by atoms with van der Waals surface area (Å²) in [5.41, 5.74) is 0. The van der Waals surface area contributed by atoms with Crippen molar-refractivity contribution in [2.24, 2.45) is 10.9 Å². The molecule has 6 nitrogen and oxygen atoms in total. The van der Waals surface area contributed by atoms with Crippen LogP contribution < -0.4 is 5.32 Å². The van der Waals surface area contributed by atoms with E-state index in [1.54, 1.807) is 0 Å². The molecule has 0 spiro atoms. The summed E-state index contributed by atoms with van der Waals surface area (Å²) in [5.74, 6) is 0.848. The zero-order chi connectivity index (χ0) is 14.8. The SMILES string of the molecule is CCNC(=NCCOCC)N1CCC(C(=O)OC)CC1.I. The predicted molar refractivity (Wildman–Crippen MR) is 94.2 cm³/mol. The highest BCUT2D eigenvalue weighted by molar-refractivity contribution is 14.0. The number of guanidine groups is 1. The number of hydrogen-bond acceptors (Lipinski definition) is 4. The Hall–Kier alpha value is -0.570. The average Bonchev–Trinajstić information content (AvgIpc) is 2.50. The van der Waals surface area contributed by atoms with Crippen molar-refractivity contribution in [3.05, 3.63) is 0 Å². The van der Waals surface area contributed by atoms with E-state index in [0.29, 0.717) is 13.2 Å². The molecule has 1 saturated heterocycles. The van der Waals surface area contributed by atoms with Gasteiger partial charge < -0.3 is 19.7 Å². The number of hydrogen-bond donors (Lipinski definition) is 1. The van der Waals surface area contributed by atoms with Gasteiger partial charge in [-0.2, -0.15) is 0 Å². The molecule has 0 atom stereocenters. The molecule has 1 aliphatic heterocycles. The van der Waals surface area contributed by atoms with Gasteiger partial charge in [-0.05, 0) is 26.7 Å². The van der Waals surface area contributed by atoms with Crippen LogP contribution in [0, 0.1) is 5.92 Å². The zero-order valence-corrected chi connectivity index (χ0v) is 15.6. The van der Waals surface area contributed by atoms with E-state index in [1.807, 2.05) is 6.92 Å². The number of nitrogens with one attached hydrogen (secondary N) is 1. The minimum atomic E-state index is -0.0945. The van der Waals surface area contributed by atoms with Crippen molar-refractivity contribution in [2.75, 3.05) is 46.5 Å². The van der Waals surface area contributed by atoms with Gasteiger partial charge in [-0.3, -0.25) is 9.79 Å². The summed E-state index contributed by atoms with van der Waals surface area (Å²) in [4.78, 5) is 18.3. The van der Waals surface area contributed by atoms with Crippen LogP contribution in [-0.2, 0) is 14.3 Å². The number of nitrogens with zero attached hydrogens (tertiary/aromatic N) is 2. The summed E-state index contributed by atoms with van der Waals surface area (Å²) in [6, 6.07) is 0. The molecule has 1 N–H and O–H groups in total. The van der Waals surface area contributed by atoms with Crippen molar-refractivity contribution in [3.63, 3.8) is 0 Å². The molecule has 0 saturated carbocycles. The first-order valence-corrected chi connectivity index (χ1v) is 7.41. The highest BCUT2D eigenvalue weighted by Crippen LogP contribution is 2.18. The van der Waals surface area contributed by atoms with Crippen LogP contribution in [0.25, 0.3) is 0 Å². The van der Waals surface area contributed by atoms with Crippen molar-refractivity contribution in [1.29, 1.82) is 0 Å². The Kier molecular flexibility index (Phi) is 11.7. The normalized spacial score (nSPS) is 16.3. The fourth-order valence-electron chi connectivity index (χ4n) is 2.28. The van der Waals surface area contributed by atoms with Crippen LogP contribution in [0.4, 0.5) is 0 Å². The number of carbonyl (C=O) groups excluding carboxylic acids is 1.